The second-order valence-corrected chi connectivity index (χ2v) is 7.78. The van der Waals surface area contributed by atoms with Gasteiger partial charge in [0.1, 0.15) is 11.5 Å². The quantitative estimate of drug-likeness (QED) is 0.281. The average Bonchev–Trinajstić information content (AvgIpc) is 2.84. The normalized spacial score (nSPS) is 10.1. The Morgan fingerprint density at radius 2 is 1.53 bits per heavy atom. The Bertz CT molecular complexity index is 1120. The van der Waals surface area contributed by atoms with Crippen LogP contribution < -0.4 is 25.4 Å². The van der Waals surface area contributed by atoms with Gasteiger partial charge < -0.3 is 20.1 Å². The van der Waals surface area contributed by atoms with Gasteiger partial charge in [0.15, 0.2) is 11.7 Å². The molecule has 8 heteroatoms. The van der Waals surface area contributed by atoms with Crippen molar-refractivity contribution >= 4 is 40.5 Å². The molecule has 0 saturated carbocycles. The fourth-order valence-electron chi connectivity index (χ4n) is 2.94. The number of benzene rings is 3. The molecule has 3 rings (SSSR count). The van der Waals surface area contributed by atoms with Crippen molar-refractivity contribution in [3.63, 3.8) is 0 Å². The molecule has 0 heterocycles. The molecule has 176 valence electrons. The summed E-state index contributed by atoms with van der Waals surface area (Å²) in [5.41, 5.74) is 1.62. The van der Waals surface area contributed by atoms with E-state index >= 15 is 0 Å². The summed E-state index contributed by atoms with van der Waals surface area (Å²) in [5, 5.41) is 8.52. The molecule has 3 aromatic rings. The van der Waals surface area contributed by atoms with Gasteiger partial charge in [0.05, 0.1) is 6.61 Å². The Kier molecular flexibility index (Phi) is 9.42. The van der Waals surface area contributed by atoms with Crippen molar-refractivity contribution in [2.75, 3.05) is 23.8 Å². The van der Waals surface area contributed by atoms with Gasteiger partial charge in [-0.2, -0.15) is 0 Å². The van der Waals surface area contributed by atoms with Gasteiger partial charge in [0.2, 0.25) is 0 Å². The van der Waals surface area contributed by atoms with Gasteiger partial charge in [-0.25, -0.2) is 0 Å². The van der Waals surface area contributed by atoms with Crippen LogP contribution in [0.5, 0.6) is 11.5 Å². The molecule has 0 fully saturated rings. The third kappa shape index (κ3) is 8.22. The number of anilines is 2. The first-order valence-electron chi connectivity index (χ1n) is 11.0. The van der Waals surface area contributed by atoms with Crippen molar-refractivity contribution in [2.45, 2.75) is 19.8 Å². The van der Waals surface area contributed by atoms with Crippen LogP contribution in [0.4, 0.5) is 11.4 Å². The van der Waals surface area contributed by atoms with Crippen molar-refractivity contribution in [2.24, 2.45) is 0 Å². The van der Waals surface area contributed by atoms with E-state index in [1.807, 2.05) is 24.3 Å². The Morgan fingerprint density at radius 1 is 0.824 bits per heavy atom. The molecule has 3 N–H and O–H groups in total. The highest BCUT2D eigenvalue weighted by atomic mass is 32.1. The first-order valence-corrected chi connectivity index (χ1v) is 11.4. The van der Waals surface area contributed by atoms with Crippen LogP contribution in [0.2, 0.25) is 0 Å². The molecule has 0 unspecified atom stereocenters. The van der Waals surface area contributed by atoms with Crippen LogP contribution in [-0.4, -0.2) is 30.1 Å². The SMILES string of the molecule is CCCCOc1cccc(C(=O)NC(=S)Nc2cccc(NC(=O)COc3ccccc3)c2)c1. The zero-order valence-electron chi connectivity index (χ0n) is 18.9. The van der Waals surface area contributed by atoms with Crippen molar-refractivity contribution < 1.29 is 19.1 Å². The summed E-state index contributed by atoms with van der Waals surface area (Å²) in [5.74, 6) is 0.616. The van der Waals surface area contributed by atoms with Gasteiger partial charge in [0, 0.05) is 16.9 Å². The molecule has 7 nitrogen and oxygen atoms in total. The average molecular weight is 478 g/mol. The lowest BCUT2D eigenvalue weighted by Gasteiger charge is -2.12. The molecule has 0 aliphatic carbocycles. The highest BCUT2D eigenvalue weighted by Crippen LogP contribution is 2.16. The molecule has 2 amide bonds. The predicted octanol–water partition coefficient (Wildman–Crippen LogP) is 5.01. The van der Waals surface area contributed by atoms with Crippen LogP contribution in [0.15, 0.2) is 78.9 Å². The van der Waals surface area contributed by atoms with Gasteiger partial charge in [0.25, 0.3) is 11.8 Å². The number of nitrogens with one attached hydrogen (secondary N) is 3. The van der Waals surface area contributed by atoms with Crippen molar-refractivity contribution in [1.82, 2.24) is 5.32 Å². The van der Waals surface area contributed by atoms with Crippen LogP contribution in [0.3, 0.4) is 0 Å². The maximum atomic E-state index is 12.6. The monoisotopic (exact) mass is 477 g/mol. The Morgan fingerprint density at radius 3 is 2.29 bits per heavy atom. The van der Waals surface area contributed by atoms with Gasteiger partial charge >= 0.3 is 0 Å². The first-order chi connectivity index (χ1) is 16.5. The lowest BCUT2D eigenvalue weighted by atomic mass is 10.2. The molecule has 0 bridgehead atoms. The summed E-state index contributed by atoms with van der Waals surface area (Å²) in [6.45, 7) is 2.58. The largest absolute Gasteiger partial charge is 0.494 e. The number of thiocarbonyl (C=S) groups is 1. The van der Waals surface area contributed by atoms with Gasteiger partial charge in [-0.3, -0.25) is 14.9 Å². The van der Waals surface area contributed by atoms with Crippen molar-refractivity contribution in [1.29, 1.82) is 0 Å². The molecule has 0 aromatic heterocycles. The van der Waals surface area contributed by atoms with Crippen LogP contribution in [0, 0.1) is 0 Å². The van der Waals surface area contributed by atoms with Crippen LogP contribution >= 0.6 is 12.2 Å². The minimum Gasteiger partial charge on any atom is -0.494 e. The smallest absolute Gasteiger partial charge is 0.262 e. The molecular weight excluding hydrogens is 450 g/mol. The molecule has 0 atom stereocenters. The van der Waals surface area contributed by atoms with Crippen LogP contribution in [-0.2, 0) is 4.79 Å². The van der Waals surface area contributed by atoms with E-state index < -0.39 is 0 Å². The summed E-state index contributed by atoms with van der Waals surface area (Å²) < 4.78 is 11.1. The summed E-state index contributed by atoms with van der Waals surface area (Å²) in [6, 6.07) is 23.1. The Labute approximate surface area is 204 Å². The lowest BCUT2D eigenvalue weighted by Crippen LogP contribution is -2.34. The number of hydrogen-bond donors (Lipinski definition) is 3. The van der Waals surface area contributed by atoms with E-state index in [4.69, 9.17) is 21.7 Å². The number of rotatable bonds is 10. The van der Waals surface area contributed by atoms with E-state index in [0.717, 1.165) is 12.8 Å². The third-order valence-corrected chi connectivity index (χ3v) is 4.81. The summed E-state index contributed by atoms with van der Waals surface area (Å²) >= 11 is 5.28. The Balaban J connectivity index is 1.50. The Hall–Kier alpha value is -3.91. The number of carbonyl (C=O) groups excluding carboxylic acids is 2. The van der Waals surface area contributed by atoms with Gasteiger partial charge in [-0.1, -0.05) is 43.7 Å². The number of hydrogen-bond acceptors (Lipinski definition) is 5. The van der Waals surface area contributed by atoms with E-state index in [0.29, 0.717) is 35.0 Å². The van der Waals surface area contributed by atoms with Gasteiger partial charge in [-0.05, 0) is 67.2 Å². The minimum absolute atomic E-state index is 0.114. The molecule has 0 aliphatic rings. The molecule has 0 spiro atoms. The zero-order valence-corrected chi connectivity index (χ0v) is 19.7. The summed E-state index contributed by atoms with van der Waals surface area (Å²) in [4.78, 5) is 24.7. The first kappa shape index (κ1) is 24.7. The maximum absolute atomic E-state index is 12.6. The number of para-hydroxylation sites is 1. The molecule has 0 radical (unpaired) electrons. The standard InChI is InChI=1S/C26H27N3O4S/c1-2-3-15-32-23-14-7-9-19(16-23)25(31)29-26(34)28-21-11-8-10-20(17-21)27-24(30)18-33-22-12-5-4-6-13-22/h4-14,16-17H,2-3,15,18H2,1H3,(H,27,30)(H2,28,29,31,34). The highest BCUT2D eigenvalue weighted by Gasteiger charge is 2.10. The van der Waals surface area contributed by atoms with Crippen LogP contribution in [0.1, 0.15) is 30.1 Å². The molecular formula is C26H27N3O4S. The fraction of sp³-hybridized carbons (Fsp3) is 0.192. The number of amides is 2. The number of unbranched alkanes of at least 4 members (excludes halogenated alkanes) is 1. The number of carbonyl (C=O) groups is 2. The topological polar surface area (TPSA) is 88.7 Å². The van der Waals surface area contributed by atoms with E-state index in [9.17, 15) is 9.59 Å². The van der Waals surface area contributed by atoms with Crippen molar-refractivity contribution in [3.05, 3.63) is 84.4 Å². The lowest BCUT2D eigenvalue weighted by molar-refractivity contribution is -0.118. The fourth-order valence-corrected chi connectivity index (χ4v) is 3.15. The van der Waals surface area contributed by atoms with E-state index in [1.54, 1.807) is 54.6 Å². The van der Waals surface area contributed by atoms with E-state index in [1.165, 1.54) is 0 Å². The van der Waals surface area contributed by atoms with Crippen molar-refractivity contribution in [3.8, 4) is 11.5 Å². The third-order valence-electron chi connectivity index (χ3n) is 4.61. The number of ether oxygens (including phenoxy) is 2. The molecule has 34 heavy (non-hydrogen) atoms. The highest BCUT2D eigenvalue weighted by molar-refractivity contribution is 7.80. The minimum atomic E-state index is -0.346. The van der Waals surface area contributed by atoms with Gasteiger partial charge in [-0.15, -0.1) is 0 Å². The maximum Gasteiger partial charge on any atom is 0.262 e. The summed E-state index contributed by atoms with van der Waals surface area (Å²) in [7, 11) is 0. The van der Waals surface area contributed by atoms with E-state index in [2.05, 4.69) is 22.9 Å². The van der Waals surface area contributed by atoms with Crippen LogP contribution in [0.25, 0.3) is 0 Å². The zero-order chi connectivity index (χ0) is 24.2. The second kappa shape index (κ2) is 13.0. The molecule has 0 saturated heterocycles. The predicted molar refractivity (Wildman–Crippen MR) is 138 cm³/mol. The molecule has 3 aromatic carbocycles. The van der Waals surface area contributed by atoms with E-state index in [-0.39, 0.29) is 23.5 Å². The molecule has 0 aliphatic heterocycles. The summed E-state index contributed by atoms with van der Waals surface area (Å²) in [6.07, 6.45) is 1.98. The second-order valence-electron chi connectivity index (χ2n) is 7.37.